The third kappa shape index (κ3) is 4.77. The summed E-state index contributed by atoms with van der Waals surface area (Å²) in [4.78, 5) is 16.5. The molecule has 4 rings (SSSR count). The number of carbonyl (C=O) groups is 1. The van der Waals surface area contributed by atoms with Crippen LogP contribution in [0.2, 0.25) is 0 Å². The topological polar surface area (TPSA) is 112 Å². The first-order chi connectivity index (χ1) is 15.0. The molecule has 0 radical (unpaired) electrons. The molecule has 0 aliphatic heterocycles. The molecule has 1 N–H and O–H groups in total. The molecule has 2 aromatic heterocycles. The number of hydrogen-bond donors (Lipinski definition) is 1. The van der Waals surface area contributed by atoms with Crippen molar-refractivity contribution >= 4 is 11.6 Å². The number of nitrogens with zero attached hydrogens (tertiary/aromatic N) is 6. The first-order valence-corrected chi connectivity index (χ1v) is 9.43. The van der Waals surface area contributed by atoms with E-state index in [4.69, 9.17) is 4.52 Å². The van der Waals surface area contributed by atoms with Crippen molar-refractivity contribution in [2.24, 2.45) is 0 Å². The van der Waals surface area contributed by atoms with Crippen LogP contribution in [0.5, 0.6) is 0 Å². The van der Waals surface area contributed by atoms with Crippen LogP contribution in [-0.4, -0.2) is 36.3 Å². The molecule has 0 bridgehead atoms. The van der Waals surface area contributed by atoms with E-state index in [1.807, 2.05) is 0 Å². The maximum absolute atomic E-state index is 14.1. The van der Waals surface area contributed by atoms with Gasteiger partial charge in [-0.15, -0.1) is 5.10 Å². The van der Waals surface area contributed by atoms with E-state index in [0.717, 1.165) is 0 Å². The van der Waals surface area contributed by atoms with E-state index < -0.39 is 5.82 Å². The predicted molar refractivity (Wildman–Crippen MR) is 105 cm³/mol. The standard InChI is InChI=1S/C20H17F2N7O2/c1-12-25-27-28-29(12)15-9-10-16(22)17(11-15)23-18(30)3-2-4-19-24-20(26-31-19)13-5-7-14(21)8-6-13/h5-11H,2-4H2,1H3,(H,23,30). The Morgan fingerprint density at radius 1 is 1.16 bits per heavy atom. The summed E-state index contributed by atoms with van der Waals surface area (Å²) in [6.07, 6.45) is 0.917. The summed E-state index contributed by atoms with van der Waals surface area (Å²) < 4.78 is 33.7. The molecule has 2 heterocycles. The van der Waals surface area contributed by atoms with Crippen LogP contribution in [-0.2, 0) is 11.2 Å². The second kappa shape index (κ2) is 8.78. The average Bonchev–Trinajstić information content (AvgIpc) is 3.39. The molecule has 31 heavy (non-hydrogen) atoms. The molecule has 2 aromatic carbocycles. The smallest absolute Gasteiger partial charge is 0.226 e. The minimum atomic E-state index is -0.566. The summed E-state index contributed by atoms with van der Waals surface area (Å²) in [7, 11) is 0. The average molecular weight is 425 g/mol. The normalized spacial score (nSPS) is 10.9. The maximum atomic E-state index is 14.1. The zero-order chi connectivity index (χ0) is 21.8. The van der Waals surface area contributed by atoms with E-state index in [-0.39, 0.29) is 23.8 Å². The van der Waals surface area contributed by atoms with Gasteiger partial charge in [-0.05, 0) is 66.2 Å². The largest absolute Gasteiger partial charge is 0.339 e. The minimum absolute atomic E-state index is 0.0359. The van der Waals surface area contributed by atoms with Crippen molar-refractivity contribution in [3.05, 3.63) is 65.8 Å². The third-order valence-corrected chi connectivity index (χ3v) is 4.46. The van der Waals surface area contributed by atoms with Crippen LogP contribution < -0.4 is 5.32 Å². The minimum Gasteiger partial charge on any atom is -0.339 e. The van der Waals surface area contributed by atoms with Crippen LogP contribution in [0.15, 0.2) is 47.0 Å². The van der Waals surface area contributed by atoms with Crippen LogP contribution in [0.4, 0.5) is 14.5 Å². The van der Waals surface area contributed by atoms with Crippen LogP contribution in [0.1, 0.15) is 24.6 Å². The van der Waals surface area contributed by atoms with E-state index in [1.54, 1.807) is 19.1 Å². The molecule has 158 valence electrons. The van der Waals surface area contributed by atoms with Crippen LogP contribution in [0.25, 0.3) is 17.1 Å². The van der Waals surface area contributed by atoms with Gasteiger partial charge in [0, 0.05) is 18.4 Å². The molecule has 0 unspecified atom stereocenters. The number of amides is 1. The Labute approximate surface area is 175 Å². The lowest BCUT2D eigenvalue weighted by atomic mass is 10.2. The van der Waals surface area contributed by atoms with Gasteiger partial charge in [0.05, 0.1) is 11.4 Å². The van der Waals surface area contributed by atoms with Gasteiger partial charge in [0.2, 0.25) is 17.6 Å². The zero-order valence-electron chi connectivity index (χ0n) is 16.4. The van der Waals surface area contributed by atoms with E-state index in [0.29, 0.717) is 41.6 Å². The first-order valence-electron chi connectivity index (χ1n) is 9.43. The van der Waals surface area contributed by atoms with E-state index in [9.17, 15) is 13.6 Å². The SMILES string of the molecule is Cc1nnnn1-c1ccc(F)c(NC(=O)CCCc2nc(-c3ccc(F)cc3)no2)c1. The molecule has 1 amide bonds. The molecule has 0 spiro atoms. The van der Waals surface area contributed by atoms with Crippen molar-refractivity contribution in [3.63, 3.8) is 0 Å². The van der Waals surface area contributed by atoms with Crippen molar-refractivity contribution < 1.29 is 18.1 Å². The molecule has 0 aliphatic carbocycles. The van der Waals surface area contributed by atoms with Gasteiger partial charge in [0.15, 0.2) is 5.82 Å². The second-order valence-electron chi connectivity index (χ2n) is 6.72. The van der Waals surface area contributed by atoms with Crippen LogP contribution in [0.3, 0.4) is 0 Å². The van der Waals surface area contributed by atoms with Gasteiger partial charge in [-0.3, -0.25) is 4.79 Å². The monoisotopic (exact) mass is 425 g/mol. The third-order valence-electron chi connectivity index (χ3n) is 4.46. The molecule has 0 saturated carbocycles. The second-order valence-corrected chi connectivity index (χ2v) is 6.72. The number of aromatic nitrogens is 6. The maximum Gasteiger partial charge on any atom is 0.226 e. The number of tetrazole rings is 1. The van der Waals surface area contributed by atoms with Gasteiger partial charge in [-0.1, -0.05) is 5.16 Å². The molecule has 0 fully saturated rings. The summed E-state index contributed by atoms with van der Waals surface area (Å²) in [5, 5.41) is 17.6. The van der Waals surface area contributed by atoms with E-state index in [2.05, 4.69) is 31.0 Å². The number of anilines is 1. The van der Waals surface area contributed by atoms with Crippen LogP contribution >= 0.6 is 0 Å². The van der Waals surface area contributed by atoms with Gasteiger partial charge in [-0.25, -0.2) is 8.78 Å². The lowest BCUT2D eigenvalue weighted by Gasteiger charge is -2.09. The van der Waals surface area contributed by atoms with Crippen molar-refractivity contribution in [2.45, 2.75) is 26.2 Å². The van der Waals surface area contributed by atoms with E-state index >= 15 is 0 Å². The molecule has 9 nitrogen and oxygen atoms in total. The quantitative estimate of drug-likeness (QED) is 0.484. The van der Waals surface area contributed by atoms with Gasteiger partial charge >= 0.3 is 0 Å². The summed E-state index contributed by atoms with van der Waals surface area (Å²) in [5.74, 6) is -0.0471. The fourth-order valence-corrected chi connectivity index (χ4v) is 2.90. The highest BCUT2D eigenvalue weighted by Gasteiger charge is 2.13. The molecular formula is C20H17F2N7O2. The zero-order valence-corrected chi connectivity index (χ0v) is 16.4. The summed E-state index contributed by atoms with van der Waals surface area (Å²) in [6.45, 7) is 1.71. The Kier molecular flexibility index (Phi) is 5.74. The number of benzene rings is 2. The Morgan fingerprint density at radius 2 is 1.97 bits per heavy atom. The van der Waals surface area contributed by atoms with Gasteiger partial charge in [0.1, 0.15) is 11.6 Å². The molecular weight excluding hydrogens is 408 g/mol. The van der Waals surface area contributed by atoms with Crippen molar-refractivity contribution in [1.29, 1.82) is 0 Å². The highest BCUT2D eigenvalue weighted by molar-refractivity contribution is 5.91. The Balaban J connectivity index is 1.33. The lowest BCUT2D eigenvalue weighted by Crippen LogP contribution is -2.13. The summed E-state index contributed by atoms with van der Waals surface area (Å²) >= 11 is 0. The highest BCUT2D eigenvalue weighted by Crippen LogP contribution is 2.20. The lowest BCUT2D eigenvalue weighted by molar-refractivity contribution is -0.116. The van der Waals surface area contributed by atoms with Crippen molar-refractivity contribution in [3.8, 4) is 17.1 Å². The summed E-state index contributed by atoms with van der Waals surface area (Å²) in [6, 6.07) is 9.94. The molecule has 0 aliphatic rings. The summed E-state index contributed by atoms with van der Waals surface area (Å²) in [5.41, 5.74) is 1.19. The number of carbonyl (C=O) groups excluding carboxylic acids is 1. The van der Waals surface area contributed by atoms with Crippen LogP contribution in [0, 0.1) is 18.6 Å². The number of aryl methyl sites for hydroxylation is 2. The van der Waals surface area contributed by atoms with Gasteiger partial charge in [-0.2, -0.15) is 9.67 Å². The van der Waals surface area contributed by atoms with Crippen molar-refractivity contribution in [2.75, 3.05) is 5.32 Å². The fraction of sp³-hybridized carbons (Fsp3) is 0.200. The van der Waals surface area contributed by atoms with E-state index in [1.165, 1.54) is 35.0 Å². The molecule has 0 saturated heterocycles. The Bertz CT molecular complexity index is 1200. The molecule has 0 atom stereocenters. The highest BCUT2D eigenvalue weighted by atomic mass is 19.1. The van der Waals surface area contributed by atoms with Crippen molar-refractivity contribution in [1.82, 2.24) is 30.3 Å². The van der Waals surface area contributed by atoms with Gasteiger partial charge in [0.25, 0.3) is 0 Å². The fourth-order valence-electron chi connectivity index (χ4n) is 2.90. The Hall–Kier alpha value is -4.02. The number of hydrogen-bond acceptors (Lipinski definition) is 7. The molecule has 11 heteroatoms. The Morgan fingerprint density at radius 3 is 2.71 bits per heavy atom. The predicted octanol–water partition coefficient (Wildman–Crippen LogP) is 3.26. The first kappa shape index (κ1) is 20.3. The number of halogens is 2. The number of rotatable bonds is 7. The molecule has 4 aromatic rings. The van der Waals surface area contributed by atoms with Gasteiger partial charge < -0.3 is 9.84 Å². The number of nitrogens with one attached hydrogen (secondary N) is 1.